The van der Waals surface area contributed by atoms with Gasteiger partial charge in [0.2, 0.25) is 5.91 Å². The Morgan fingerprint density at radius 3 is 2.81 bits per heavy atom. The lowest BCUT2D eigenvalue weighted by Crippen LogP contribution is -2.32. The van der Waals surface area contributed by atoms with Crippen molar-refractivity contribution in [3.63, 3.8) is 0 Å². The maximum atomic E-state index is 12.0. The number of hydrogen-bond donors (Lipinski definition) is 2. The monoisotopic (exact) mass is 458 g/mol. The molecule has 132 valence electrons. The van der Waals surface area contributed by atoms with Crippen LogP contribution in [-0.4, -0.2) is 15.9 Å². The highest BCUT2D eigenvalue weighted by molar-refractivity contribution is 14.1. The summed E-state index contributed by atoms with van der Waals surface area (Å²) in [5.41, 5.74) is 4.88. The second kappa shape index (κ2) is 6.19. The number of amides is 1. The first-order chi connectivity index (χ1) is 12.3. The molecule has 0 unspecified atom stereocenters. The number of carbonyl (C=O) groups excluding carboxylic acids is 1. The fourth-order valence-electron chi connectivity index (χ4n) is 3.44. The van der Waals surface area contributed by atoms with Gasteiger partial charge in [-0.15, -0.1) is 0 Å². The lowest BCUT2D eigenvalue weighted by atomic mass is 9.78. The Morgan fingerprint density at radius 2 is 2.00 bits per heavy atom. The molecule has 6 heteroatoms. The number of carbonyl (C=O) groups is 1. The second-order valence-electron chi connectivity index (χ2n) is 7.31. The molecule has 0 saturated heterocycles. The van der Waals surface area contributed by atoms with Gasteiger partial charge in [-0.2, -0.15) is 0 Å². The molecule has 2 heterocycles. The van der Waals surface area contributed by atoms with Crippen LogP contribution in [-0.2, 0) is 10.2 Å². The summed E-state index contributed by atoms with van der Waals surface area (Å²) in [7, 11) is 0. The van der Waals surface area contributed by atoms with E-state index in [9.17, 15) is 4.79 Å². The highest BCUT2D eigenvalue weighted by Crippen LogP contribution is 2.39. The van der Waals surface area contributed by atoms with E-state index in [0.717, 1.165) is 37.2 Å². The van der Waals surface area contributed by atoms with Crippen LogP contribution >= 0.6 is 22.6 Å². The average Bonchev–Trinajstić information content (AvgIpc) is 2.57. The van der Waals surface area contributed by atoms with Crippen molar-refractivity contribution in [3.8, 4) is 0 Å². The molecule has 1 aliphatic rings. The van der Waals surface area contributed by atoms with Crippen LogP contribution in [0.15, 0.2) is 36.7 Å². The van der Waals surface area contributed by atoms with Crippen molar-refractivity contribution in [3.05, 3.63) is 51.4 Å². The highest BCUT2D eigenvalue weighted by Gasteiger charge is 2.31. The third-order valence-electron chi connectivity index (χ3n) is 4.83. The quantitative estimate of drug-likeness (QED) is 0.536. The number of nitrogens with one attached hydrogen (secondary N) is 2. The third kappa shape index (κ3) is 2.92. The first-order valence-electron chi connectivity index (χ1n) is 8.46. The van der Waals surface area contributed by atoms with E-state index in [-0.39, 0.29) is 11.3 Å². The molecule has 5 nitrogen and oxygen atoms in total. The minimum absolute atomic E-state index is 0.0529. The predicted molar refractivity (Wildman–Crippen MR) is 113 cm³/mol. The largest absolute Gasteiger partial charge is 0.340 e. The van der Waals surface area contributed by atoms with E-state index in [1.807, 2.05) is 18.2 Å². The average molecular weight is 458 g/mol. The van der Waals surface area contributed by atoms with E-state index in [0.29, 0.717) is 6.42 Å². The first-order valence-corrected chi connectivity index (χ1v) is 9.54. The number of hydrogen-bond acceptors (Lipinski definition) is 4. The van der Waals surface area contributed by atoms with Crippen LogP contribution in [0.25, 0.3) is 10.9 Å². The molecular formula is C20H19IN4O. The van der Waals surface area contributed by atoms with Gasteiger partial charge in [0.25, 0.3) is 0 Å². The summed E-state index contributed by atoms with van der Waals surface area (Å²) in [5, 5.41) is 7.34. The van der Waals surface area contributed by atoms with Gasteiger partial charge in [-0.3, -0.25) is 4.79 Å². The fourth-order valence-corrected chi connectivity index (χ4v) is 4.05. The number of aryl methyl sites for hydroxylation is 1. The molecule has 1 aliphatic heterocycles. The van der Waals surface area contributed by atoms with E-state index in [1.54, 1.807) is 6.33 Å². The minimum atomic E-state index is -0.161. The molecular weight excluding hydrogens is 439 g/mol. The van der Waals surface area contributed by atoms with E-state index < -0.39 is 0 Å². The van der Waals surface area contributed by atoms with Crippen LogP contribution in [0.1, 0.15) is 31.4 Å². The zero-order valence-electron chi connectivity index (χ0n) is 14.9. The van der Waals surface area contributed by atoms with Gasteiger partial charge in [-0.25, -0.2) is 9.97 Å². The number of anilines is 3. The van der Waals surface area contributed by atoms with Crippen LogP contribution < -0.4 is 10.6 Å². The minimum Gasteiger partial charge on any atom is -0.340 e. The van der Waals surface area contributed by atoms with Gasteiger partial charge in [0.1, 0.15) is 12.1 Å². The van der Waals surface area contributed by atoms with Crippen LogP contribution in [0.2, 0.25) is 0 Å². The SMILES string of the molecule is Cc1ccc2c(Nc3ccc4c(c3)NC(=O)CC4(C)C)ncnc2c1I. The van der Waals surface area contributed by atoms with Gasteiger partial charge < -0.3 is 10.6 Å². The summed E-state index contributed by atoms with van der Waals surface area (Å²) in [6, 6.07) is 10.2. The smallest absolute Gasteiger partial charge is 0.225 e. The molecule has 0 atom stereocenters. The molecule has 1 amide bonds. The molecule has 4 rings (SSSR count). The van der Waals surface area contributed by atoms with Crippen LogP contribution in [0.5, 0.6) is 0 Å². The molecule has 1 aromatic heterocycles. The number of halogens is 1. The summed E-state index contributed by atoms with van der Waals surface area (Å²) < 4.78 is 1.13. The number of fused-ring (bicyclic) bond motifs is 2. The number of aromatic nitrogens is 2. The zero-order chi connectivity index (χ0) is 18.5. The van der Waals surface area contributed by atoms with Gasteiger partial charge in [-0.1, -0.05) is 26.0 Å². The van der Waals surface area contributed by atoms with Gasteiger partial charge in [-0.05, 0) is 58.8 Å². The topological polar surface area (TPSA) is 66.9 Å². The summed E-state index contributed by atoms with van der Waals surface area (Å²) in [4.78, 5) is 20.8. The van der Waals surface area contributed by atoms with Crippen molar-refractivity contribution in [2.75, 3.05) is 10.6 Å². The van der Waals surface area contributed by atoms with Crippen molar-refractivity contribution >= 4 is 56.6 Å². The molecule has 0 spiro atoms. The summed E-state index contributed by atoms with van der Waals surface area (Å²) >= 11 is 2.32. The Kier molecular flexibility index (Phi) is 4.10. The van der Waals surface area contributed by atoms with E-state index >= 15 is 0 Å². The van der Waals surface area contributed by atoms with Gasteiger partial charge in [0.05, 0.1) is 5.52 Å². The third-order valence-corrected chi connectivity index (χ3v) is 6.19. The maximum Gasteiger partial charge on any atom is 0.225 e. The van der Waals surface area contributed by atoms with E-state index in [2.05, 4.69) is 76.1 Å². The van der Waals surface area contributed by atoms with Crippen LogP contribution in [0.4, 0.5) is 17.2 Å². The normalized spacial score (nSPS) is 15.5. The van der Waals surface area contributed by atoms with Gasteiger partial charge >= 0.3 is 0 Å². The van der Waals surface area contributed by atoms with Crippen molar-refractivity contribution in [2.24, 2.45) is 0 Å². The summed E-state index contributed by atoms with van der Waals surface area (Å²) in [6.07, 6.45) is 2.08. The zero-order valence-corrected chi connectivity index (χ0v) is 17.0. The molecule has 0 bridgehead atoms. The van der Waals surface area contributed by atoms with E-state index in [1.165, 1.54) is 5.56 Å². The van der Waals surface area contributed by atoms with Crippen molar-refractivity contribution in [1.29, 1.82) is 0 Å². The first kappa shape index (κ1) is 17.2. The van der Waals surface area contributed by atoms with Gasteiger partial charge in [0.15, 0.2) is 0 Å². The summed E-state index contributed by atoms with van der Waals surface area (Å²) in [6.45, 7) is 6.27. The molecule has 2 aromatic carbocycles. The maximum absolute atomic E-state index is 12.0. The van der Waals surface area contributed by atoms with Crippen LogP contribution in [0.3, 0.4) is 0 Å². The summed E-state index contributed by atoms with van der Waals surface area (Å²) in [5.74, 6) is 0.812. The molecule has 2 N–H and O–H groups in total. The Hall–Kier alpha value is -2.22. The van der Waals surface area contributed by atoms with Gasteiger partial charge in [0, 0.05) is 32.2 Å². The Labute approximate surface area is 165 Å². The molecule has 3 aromatic rings. The molecule has 0 aliphatic carbocycles. The van der Waals surface area contributed by atoms with Crippen molar-refractivity contribution in [2.45, 2.75) is 32.6 Å². The number of benzene rings is 2. The molecule has 0 fully saturated rings. The molecule has 0 saturated carbocycles. The predicted octanol–water partition coefficient (Wildman–Crippen LogP) is 4.91. The fraction of sp³-hybridized carbons (Fsp3) is 0.250. The lowest BCUT2D eigenvalue weighted by molar-refractivity contribution is -0.117. The van der Waals surface area contributed by atoms with Crippen molar-refractivity contribution < 1.29 is 4.79 Å². The van der Waals surface area contributed by atoms with Crippen LogP contribution in [0, 0.1) is 10.5 Å². The number of rotatable bonds is 2. The Morgan fingerprint density at radius 1 is 1.19 bits per heavy atom. The molecule has 0 radical (unpaired) electrons. The Bertz CT molecular complexity index is 1050. The Balaban J connectivity index is 1.75. The highest BCUT2D eigenvalue weighted by atomic mass is 127. The molecule has 26 heavy (non-hydrogen) atoms. The van der Waals surface area contributed by atoms with E-state index in [4.69, 9.17) is 0 Å². The lowest BCUT2D eigenvalue weighted by Gasteiger charge is -2.32. The second-order valence-corrected chi connectivity index (χ2v) is 8.39. The van der Waals surface area contributed by atoms with Crippen molar-refractivity contribution in [1.82, 2.24) is 9.97 Å². The standard InChI is InChI=1S/C20H19IN4O/c1-11-4-6-13-18(17(11)21)22-10-23-19(13)24-12-5-7-14-15(8-12)25-16(26)9-20(14,2)3/h4-8,10H,9H2,1-3H3,(H,25,26)(H,22,23,24). The number of nitrogens with zero attached hydrogens (tertiary/aromatic N) is 2.